The van der Waals surface area contributed by atoms with Gasteiger partial charge in [-0.1, -0.05) is 30.3 Å². The van der Waals surface area contributed by atoms with Gasteiger partial charge in [-0.2, -0.15) is 0 Å². The molecule has 0 fully saturated rings. The van der Waals surface area contributed by atoms with E-state index < -0.39 is 5.97 Å². The zero-order valence-electron chi connectivity index (χ0n) is 11.0. The van der Waals surface area contributed by atoms with Gasteiger partial charge in [-0.05, 0) is 17.7 Å². The second-order valence-electron chi connectivity index (χ2n) is 4.61. The molecule has 0 aliphatic carbocycles. The normalized spacial score (nSPS) is 12.3. The second-order valence-corrected chi connectivity index (χ2v) is 4.61. The molecule has 0 atom stereocenters. The van der Waals surface area contributed by atoms with Crippen LogP contribution in [0.1, 0.15) is 26.3 Å². The summed E-state index contributed by atoms with van der Waals surface area (Å²) in [5, 5.41) is 9.34. The average Bonchev–Trinajstić information content (AvgIpc) is 2.87. The van der Waals surface area contributed by atoms with Gasteiger partial charge in [-0.15, -0.1) is 0 Å². The van der Waals surface area contributed by atoms with E-state index in [1.54, 1.807) is 0 Å². The van der Waals surface area contributed by atoms with Gasteiger partial charge in [-0.25, -0.2) is 4.79 Å². The van der Waals surface area contributed by atoms with Crippen LogP contribution in [0.15, 0.2) is 42.5 Å². The van der Waals surface area contributed by atoms with Crippen molar-refractivity contribution in [3.8, 4) is 11.5 Å². The van der Waals surface area contributed by atoms with Crippen molar-refractivity contribution in [1.82, 2.24) is 0 Å². The third-order valence-corrected chi connectivity index (χ3v) is 3.22. The van der Waals surface area contributed by atoms with Crippen molar-refractivity contribution in [1.29, 1.82) is 0 Å². The Morgan fingerprint density at radius 2 is 1.95 bits per heavy atom. The number of hydrogen-bond acceptors (Lipinski definition) is 4. The van der Waals surface area contributed by atoms with Gasteiger partial charge >= 0.3 is 13.5 Å². The zero-order valence-corrected chi connectivity index (χ0v) is 11.0. The minimum atomic E-state index is -1.18. The van der Waals surface area contributed by atoms with Crippen LogP contribution in [-0.2, 0) is 6.61 Å². The van der Waals surface area contributed by atoms with Gasteiger partial charge in [0.1, 0.15) is 23.7 Å². The predicted molar refractivity (Wildman–Crippen MR) is 76.3 cm³/mol. The largest absolute Gasteiger partial charge is 0.554 e. The van der Waals surface area contributed by atoms with Gasteiger partial charge < -0.3 is 19.3 Å². The van der Waals surface area contributed by atoms with Gasteiger partial charge in [0.15, 0.2) is 5.68 Å². The third-order valence-electron chi connectivity index (χ3n) is 3.22. The molecule has 1 aliphatic rings. The smallest absolute Gasteiger partial charge is 0.418 e. The lowest BCUT2D eigenvalue weighted by atomic mass is 9.91. The first kappa shape index (κ1) is 13.2. The Morgan fingerprint density at radius 3 is 2.67 bits per heavy atom. The number of ether oxygens (including phenoxy) is 1. The SMILES string of the molecule is O=C1BOc2c1ccc(OCc1ccccc1)c2C(=O)O. The maximum Gasteiger partial charge on any atom is 0.418 e. The molecule has 0 saturated heterocycles. The zero-order chi connectivity index (χ0) is 14.8. The Bertz CT molecular complexity index is 712. The molecule has 0 bridgehead atoms. The summed E-state index contributed by atoms with van der Waals surface area (Å²) in [5.41, 5.74) is 0.891. The van der Waals surface area contributed by atoms with E-state index in [9.17, 15) is 14.7 Å². The molecular formula is C15H11BO5. The van der Waals surface area contributed by atoms with Gasteiger partial charge in [0.2, 0.25) is 0 Å². The minimum absolute atomic E-state index is 0.0954. The number of carbonyl (C=O) groups is 2. The van der Waals surface area contributed by atoms with Crippen LogP contribution in [0.4, 0.5) is 0 Å². The molecule has 0 unspecified atom stereocenters. The van der Waals surface area contributed by atoms with E-state index in [1.807, 2.05) is 30.3 Å². The van der Waals surface area contributed by atoms with Gasteiger partial charge in [0.05, 0.1) is 5.56 Å². The molecule has 0 saturated carbocycles. The molecule has 0 amide bonds. The summed E-state index contributed by atoms with van der Waals surface area (Å²) in [6.07, 6.45) is 0. The number of aromatic carboxylic acids is 1. The molecule has 0 spiro atoms. The molecule has 2 aromatic carbocycles. The highest BCUT2D eigenvalue weighted by atomic mass is 16.5. The Balaban J connectivity index is 1.92. The van der Waals surface area contributed by atoms with Crippen molar-refractivity contribution in [2.75, 3.05) is 0 Å². The molecule has 5 nitrogen and oxygen atoms in total. The van der Waals surface area contributed by atoms with Crippen LogP contribution in [0.3, 0.4) is 0 Å². The molecule has 1 aliphatic heterocycles. The summed E-state index contributed by atoms with van der Waals surface area (Å²) in [6.45, 7) is 0.244. The van der Waals surface area contributed by atoms with Crippen LogP contribution < -0.4 is 9.39 Å². The minimum Gasteiger partial charge on any atom is -0.554 e. The van der Waals surface area contributed by atoms with Crippen molar-refractivity contribution in [2.45, 2.75) is 6.61 Å². The summed E-state index contributed by atoms with van der Waals surface area (Å²) in [6, 6.07) is 12.4. The molecular weight excluding hydrogens is 271 g/mol. The highest BCUT2D eigenvalue weighted by Crippen LogP contribution is 2.35. The predicted octanol–water partition coefficient (Wildman–Crippen LogP) is 1.85. The van der Waals surface area contributed by atoms with Crippen LogP contribution in [0.25, 0.3) is 0 Å². The molecule has 104 valence electrons. The summed E-state index contributed by atoms with van der Waals surface area (Å²) in [7, 11) is -0.127. The van der Waals surface area contributed by atoms with E-state index in [-0.39, 0.29) is 36.8 Å². The molecule has 3 rings (SSSR count). The lowest BCUT2D eigenvalue weighted by molar-refractivity contribution is 0.0689. The molecule has 0 aromatic heterocycles. The quantitative estimate of drug-likeness (QED) is 0.866. The maximum atomic E-state index is 11.6. The number of carboxylic acid groups (broad SMARTS) is 1. The van der Waals surface area contributed by atoms with E-state index in [1.165, 1.54) is 12.1 Å². The summed E-state index contributed by atoms with van der Waals surface area (Å²) < 4.78 is 10.8. The van der Waals surface area contributed by atoms with Crippen molar-refractivity contribution in [3.63, 3.8) is 0 Å². The van der Waals surface area contributed by atoms with Crippen LogP contribution >= 0.6 is 0 Å². The summed E-state index contributed by atoms with van der Waals surface area (Å²) >= 11 is 0. The number of carboxylic acids is 1. The molecule has 6 heteroatoms. The monoisotopic (exact) mass is 282 g/mol. The Morgan fingerprint density at radius 1 is 1.19 bits per heavy atom. The van der Waals surface area contributed by atoms with Gasteiger partial charge in [0.25, 0.3) is 0 Å². The summed E-state index contributed by atoms with van der Waals surface area (Å²) in [4.78, 5) is 23.0. The Hall–Kier alpha value is -2.76. The lowest BCUT2D eigenvalue weighted by Gasteiger charge is -2.12. The van der Waals surface area contributed by atoms with E-state index >= 15 is 0 Å². The van der Waals surface area contributed by atoms with Crippen molar-refractivity contribution in [2.24, 2.45) is 0 Å². The average molecular weight is 282 g/mol. The number of benzene rings is 2. The fourth-order valence-electron chi connectivity index (χ4n) is 2.21. The van der Waals surface area contributed by atoms with Crippen molar-refractivity contribution >= 4 is 19.1 Å². The van der Waals surface area contributed by atoms with E-state index in [4.69, 9.17) is 9.39 Å². The fourth-order valence-corrected chi connectivity index (χ4v) is 2.21. The highest BCUT2D eigenvalue weighted by Gasteiger charge is 2.31. The highest BCUT2D eigenvalue weighted by molar-refractivity contribution is 6.75. The van der Waals surface area contributed by atoms with Gasteiger partial charge in [0, 0.05) is 0 Å². The number of carbonyl (C=O) groups excluding carboxylic acids is 1. The first-order valence-electron chi connectivity index (χ1n) is 6.40. The topological polar surface area (TPSA) is 72.8 Å². The summed E-state index contributed by atoms with van der Waals surface area (Å²) in [5.74, 6) is -0.887. The standard InChI is InChI=1S/C15H11BO5/c17-14-10-6-7-11(12(15(18)19)13(10)21-16-14)20-8-9-4-2-1-3-5-9/h1-7,16H,8H2,(H,18,19). The Labute approximate surface area is 121 Å². The molecule has 1 N–H and O–H groups in total. The molecule has 0 radical (unpaired) electrons. The van der Waals surface area contributed by atoms with Crippen molar-refractivity contribution in [3.05, 3.63) is 59.2 Å². The van der Waals surface area contributed by atoms with E-state index in [0.717, 1.165) is 5.56 Å². The fraction of sp³-hybridized carbons (Fsp3) is 0.0667. The van der Waals surface area contributed by atoms with Crippen LogP contribution in [0, 0.1) is 0 Å². The van der Waals surface area contributed by atoms with E-state index in [0.29, 0.717) is 5.56 Å². The van der Waals surface area contributed by atoms with Crippen LogP contribution in [0.5, 0.6) is 11.5 Å². The van der Waals surface area contributed by atoms with Crippen LogP contribution in [-0.4, -0.2) is 24.2 Å². The maximum absolute atomic E-state index is 11.6. The van der Waals surface area contributed by atoms with Crippen molar-refractivity contribution < 1.29 is 24.1 Å². The molecule has 21 heavy (non-hydrogen) atoms. The molecule has 1 heterocycles. The van der Waals surface area contributed by atoms with Gasteiger partial charge in [-0.3, -0.25) is 0 Å². The van der Waals surface area contributed by atoms with E-state index in [2.05, 4.69) is 0 Å². The third kappa shape index (κ3) is 2.47. The Kier molecular flexibility index (Phi) is 3.35. The number of rotatable bonds is 4. The first-order valence-corrected chi connectivity index (χ1v) is 6.40. The number of hydrogen-bond donors (Lipinski definition) is 1. The number of fused-ring (bicyclic) bond motifs is 1. The lowest BCUT2D eigenvalue weighted by Crippen LogP contribution is -2.06. The molecule has 2 aromatic rings. The van der Waals surface area contributed by atoms with Crippen LogP contribution in [0.2, 0.25) is 0 Å². The first-order chi connectivity index (χ1) is 10.2. The second kappa shape index (κ2) is 5.32.